The lowest BCUT2D eigenvalue weighted by Crippen LogP contribution is -2.16. The highest BCUT2D eigenvalue weighted by Gasteiger charge is 2.16. The van der Waals surface area contributed by atoms with Crippen LogP contribution in [0.5, 0.6) is 0 Å². The number of nitrogen functional groups attached to an aromatic ring is 1. The van der Waals surface area contributed by atoms with E-state index < -0.39 is 5.82 Å². The lowest BCUT2D eigenvalue weighted by atomic mass is 9.99. The van der Waals surface area contributed by atoms with E-state index in [2.05, 4.69) is 29.4 Å². The van der Waals surface area contributed by atoms with Crippen molar-refractivity contribution in [2.45, 2.75) is 31.3 Å². The number of hydrogen-bond acceptors (Lipinski definition) is 5. The maximum atomic E-state index is 13.9. The largest absolute Gasteiger partial charge is 0.335 e. The molecule has 0 spiro atoms. The summed E-state index contributed by atoms with van der Waals surface area (Å²) in [5, 5.41) is 11.1. The fraction of sp³-hybridized carbons (Fsp3) is 0.250. The highest BCUT2D eigenvalue weighted by molar-refractivity contribution is 7.99. The predicted molar refractivity (Wildman–Crippen MR) is 110 cm³/mol. The first-order valence-corrected chi connectivity index (χ1v) is 9.96. The minimum Gasteiger partial charge on any atom is -0.335 e. The summed E-state index contributed by atoms with van der Waals surface area (Å²) in [4.78, 5) is 12.2. The second-order valence-electron chi connectivity index (χ2n) is 6.42. The van der Waals surface area contributed by atoms with Crippen LogP contribution in [0.4, 0.5) is 10.1 Å². The van der Waals surface area contributed by atoms with Crippen molar-refractivity contribution in [1.29, 1.82) is 0 Å². The Balaban J connectivity index is 1.60. The smallest absolute Gasteiger partial charge is 0.234 e. The third kappa shape index (κ3) is 4.51. The van der Waals surface area contributed by atoms with Gasteiger partial charge in [-0.25, -0.2) is 9.07 Å². The van der Waals surface area contributed by atoms with Crippen LogP contribution in [0.2, 0.25) is 0 Å². The number of thioether (sulfide) groups is 1. The molecule has 3 aromatic rings. The number of hydrogen-bond donors (Lipinski definition) is 2. The molecule has 0 aliphatic heterocycles. The monoisotopic (exact) mass is 399 g/mol. The molecule has 8 heteroatoms. The number of anilines is 1. The molecule has 1 amide bonds. The maximum absolute atomic E-state index is 13.9. The lowest BCUT2D eigenvalue weighted by Gasteiger charge is -2.10. The van der Waals surface area contributed by atoms with Gasteiger partial charge in [-0.15, -0.1) is 10.2 Å². The van der Waals surface area contributed by atoms with Crippen molar-refractivity contribution in [2.75, 3.05) is 16.9 Å². The van der Waals surface area contributed by atoms with Crippen LogP contribution in [-0.4, -0.2) is 26.5 Å². The first-order chi connectivity index (χ1) is 13.5. The molecule has 1 heterocycles. The Morgan fingerprint density at radius 2 is 1.93 bits per heavy atom. The van der Waals surface area contributed by atoms with E-state index in [1.54, 1.807) is 18.2 Å². The number of carbonyl (C=O) groups excluding carboxylic acids is 1. The van der Waals surface area contributed by atoms with Crippen LogP contribution in [0.3, 0.4) is 0 Å². The first kappa shape index (κ1) is 19.9. The zero-order valence-electron chi connectivity index (χ0n) is 15.7. The average molecular weight is 399 g/mol. The Kier molecular flexibility index (Phi) is 6.30. The summed E-state index contributed by atoms with van der Waals surface area (Å²) in [7, 11) is 0. The Morgan fingerprint density at radius 3 is 2.61 bits per heavy atom. The summed E-state index contributed by atoms with van der Waals surface area (Å²) in [6, 6.07) is 14.0. The van der Waals surface area contributed by atoms with Crippen molar-refractivity contribution in [1.82, 2.24) is 14.9 Å². The molecule has 1 atom stereocenters. The number of nitrogens with one attached hydrogen (secondary N) is 1. The second-order valence-corrected chi connectivity index (χ2v) is 7.37. The fourth-order valence-electron chi connectivity index (χ4n) is 2.66. The summed E-state index contributed by atoms with van der Waals surface area (Å²) in [6.07, 6.45) is 1.07. The van der Waals surface area contributed by atoms with Crippen LogP contribution in [-0.2, 0) is 4.79 Å². The van der Waals surface area contributed by atoms with Gasteiger partial charge in [0, 0.05) is 5.69 Å². The van der Waals surface area contributed by atoms with E-state index in [1.165, 1.54) is 16.3 Å². The number of halogens is 1. The maximum Gasteiger partial charge on any atom is 0.234 e. The summed E-state index contributed by atoms with van der Waals surface area (Å²) in [5.41, 5.74) is 2.24. The molecule has 0 radical (unpaired) electrons. The number of nitrogens with two attached hydrogens (primary N) is 1. The van der Waals surface area contributed by atoms with Gasteiger partial charge >= 0.3 is 0 Å². The van der Waals surface area contributed by atoms with E-state index in [0.29, 0.717) is 11.1 Å². The van der Waals surface area contributed by atoms with E-state index in [0.717, 1.165) is 23.9 Å². The molecule has 3 N–H and O–H groups in total. The van der Waals surface area contributed by atoms with Crippen LogP contribution >= 0.6 is 11.8 Å². The van der Waals surface area contributed by atoms with Crippen LogP contribution < -0.4 is 11.2 Å². The van der Waals surface area contributed by atoms with E-state index >= 15 is 0 Å². The molecule has 0 aliphatic rings. The Morgan fingerprint density at radius 1 is 1.21 bits per heavy atom. The van der Waals surface area contributed by atoms with Gasteiger partial charge in [-0.1, -0.05) is 49.9 Å². The van der Waals surface area contributed by atoms with Gasteiger partial charge in [0.1, 0.15) is 5.82 Å². The van der Waals surface area contributed by atoms with E-state index in [9.17, 15) is 9.18 Å². The van der Waals surface area contributed by atoms with Gasteiger partial charge in [0.05, 0.1) is 11.3 Å². The van der Waals surface area contributed by atoms with Crippen molar-refractivity contribution >= 4 is 23.4 Å². The molecule has 0 fully saturated rings. The number of rotatable bonds is 7. The van der Waals surface area contributed by atoms with Gasteiger partial charge in [0.25, 0.3) is 0 Å². The number of nitrogens with zero attached hydrogens (tertiary/aromatic N) is 3. The van der Waals surface area contributed by atoms with Gasteiger partial charge in [0.15, 0.2) is 5.82 Å². The third-order valence-corrected chi connectivity index (χ3v) is 5.43. The molecule has 6 nitrogen and oxygen atoms in total. The normalized spacial score (nSPS) is 12.0. The van der Waals surface area contributed by atoms with Crippen molar-refractivity contribution in [3.63, 3.8) is 0 Å². The summed E-state index contributed by atoms with van der Waals surface area (Å²) in [6.45, 7) is 4.31. The van der Waals surface area contributed by atoms with Crippen molar-refractivity contribution < 1.29 is 9.18 Å². The van der Waals surface area contributed by atoms with Crippen LogP contribution in [0.25, 0.3) is 11.4 Å². The fourth-order valence-corrected chi connectivity index (χ4v) is 3.32. The zero-order valence-corrected chi connectivity index (χ0v) is 16.5. The quantitative estimate of drug-likeness (QED) is 0.463. The minimum atomic E-state index is -0.434. The lowest BCUT2D eigenvalue weighted by molar-refractivity contribution is -0.113. The molecule has 0 bridgehead atoms. The highest BCUT2D eigenvalue weighted by atomic mass is 32.2. The van der Waals surface area contributed by atoms with Crippen LogP contribution in [0.15, 0.2) is 53.7 Å². The van der Waals surface area contributed by atoms with E-state index in [4.69, 9.17) is 5.84 Å². The number of carbonyl (C=O) groups is 1. The third-order valence-electron chi connectivity index (χ3n) is 4.49. The van der Waals surface area contributed by atoms with E-state index in [1.807, 2.05) is 24.3 Å². The topological polar surface area (TPSA) is 85.8 Å². The first-order valence-electron chi connectivity index (χ1n) is 8.97. The average Bonchev–Trinajstić information content (AvgIpc) is 3.07. The number of amides is 1. The van der Waals surface area contributed by atoms with Gasteiger partial charge in [0.2, 0.25) is 11.1 Å². The molecule has 2 aromatic carbocycles. The van der Waals surface area contributed by atoms with Gasteiger partial charge in [-0.05, 0) is 42.2 Å². The molecule has 0 unspecified atom stereocenters. The summed E-state index contributed by atoms with van der Waals surface area (Å²) >= 11 is 1.14. The second kappa shape index (κ2) is 8.88. The minimum absolute atomic E-state index is 0.111. The molecule has 146 valence electrons. The molecule has 0 aliphatic carbocycles. The Labute approximate surface area is 167 Å². The van der Waals surface area contributed by atoms with Crippen LogP contribution in [0, 0.1) is 5.82 Å². The number of benzene rings is 2. The van der Waals surface area contributed by atoms with Gasteiger partial charge < -0.3 is 11.2 Å². The van der Waals surface area contributed by atoms with Crippen molar-refractivity contribution in [3.05, 3.63) is 59.9 Å². The standard InChI is InChI=1S/C20H22FN5OS/c1-3-13(2)14-8-10-15(11-9-14)23-18(27)12-28-20-25-24-19(26(20)22)16-6-4-5-7-17(16)21/h4-11,13H,3,12,22H2,1-2H3,(H,23,27)/t13-/m1/s1. The molecular formula is C20H22FN5OS. The van der Waals surface area contributed by atoms with Crippen molar-refractivity contribution in [2.24, 2.45) is 0 Å². The Bertz CT molecular complexity index is 957. The van der Waals surface area contributed by atoms with E-state index in [-0.39, 0.29) is 23.0 Å². The van der Waals surface area contributed by atoms with Gasteiger partial charge in [-0.3, -0.25) is 4.79 Å². The molecule has 0 saturated carbocycles. The molecule has 1 aromatic heterocycles. The van der Waals surface area contributed by atoms with Crippen molar-refractivity contribution in [3.8, 4) is 11.4 Å². The molecule has 3 rings (SSSR count). The SMILES string of the molecule is CC[C@@H](C)c1ccc(NC(=O)CSc2nnc(-c3ccccc3F)n2N)cc1. The Hall–Kier alpha value is -2.87. The number of aromatic nitrogens is 3. The molecule has 0 saturated heterocycles. The molecular weight excluding hydrogens is 377 g/mol. The summed E-state index contributed by atoms with van der Waals surface area (Å²) in [5.74, 6) is 6.16. The summed E-state index contributed by atoms with van der Waals surface area (Å²) < 4.78 is 15.1. The predicted octanol–water partition coefficient (Wildman–Crippen LogP) is 4.04. The molecule has 28 heavy (non-hydrogen) atoms. The van der Waals surface area contributed by atoms with Crippen LogP contribution in [0.1, 0.15) is 31.7 Å². The zero-order chi connectivity index (χ0) is 20.1. The highest BCUT2D eigenvalue weighted by Crippen LogP contribution is 2.24. The van der Waals surface area contributed by atoms with Gasteiger partial charge in [-0.2, -0.15) is 0 Å².